The third-order valence-corrected chi connectivity index (χ3v) is 1.46. The molecule has 0 fully saturated rings. The van der Waals surface area contributed by atoms with E-state index in [1.165, 1.54) is 12.0 Å². The molecule has 0 rings (SSSR count). The van der Waals surface area contributed by atoms with Crippen molar-refractivity contribution in [3.8, 4) is 0 Å². The van der Waals surface area contributed by atoms with Gasteiger partial charge in [-0.05, 0) is 26.8 Å². The lowest BCUT2D eigenvalue weighted by molar-refractivity contribution is 0.131. The van der Waals surface area contributed by atoms with Crippen LogP contribution in [-0.4, -0.2) is 24.1 Å². The average molecular weight is 183 g/mol. The van der Waals surface area contributed by atoms with Crippen molar-refractivity contribution in [3.63, 3.8) is 0 Å². The van der Waals surface area contributed by atoms with Gasteiger partial charge in [-0.15, -0.1) is 0 Å². The first-order valence-corrected chi connectivity index (χ1v) is 4.19. The highest BCUT2D eigenvalue weighted by atomic mass is 16.5. The molecule has 74 valence electrons. The Labute approximate surface area is 79.7 Å². The quantitative estimate of drug-likeness (QED) is 0.629. The zero-order chi connectivity index (χ0) is 10.4. The summed E-state index contributed by atoms with van der Waals surface area (Å²) in [6.45, 7) is 9.41. The van der Waals surface area contributed by atoms with Crippen molar-refractivity contribution in [1.82, 2.24) is 4.90 Å². The lowest BCUT2D eigenvalue weighted by Crippen LogP contribution is -2.31. The Morgan fingerprint density at radius 3 is 2.38 bits per heavy atom. The van der Waals surface area contributed by atoms with Crippen LogP contribution in [0.5, 0.6) is 0 Å². The fourth-order valence-corrected chi connectivity index (χ4v) is 0.757. The summed E-state index contributed by atoms with van der Waals surface area (Å²) in [5.41, 5.74) is 0.898. The number of nitrogens with zero attached hydrogens (tertiary/aromatic N) is 1. The van der Waals surface area contributed by atoms with Crippen molar-refractivity contribution in [2.75, 3.05) is 7.11 Å². The van der Waals surface area contributed by atoms with Crippen molar-refractivity contribution in [2.24, 2.45) is 0 Å². The van der Waals surface area contributed by atoms with E-state index in [1.807, 2.05) is 20.8 Å². The van der Waals surface area contributed by atoms with Crippen LogP contribution in [0.4, 0.5) is 4.79 Å². The Kier molecular flexibility index (Phi) is 4.89. The molecule has 1 amide bonds. The van der Waals surface area contributed by atoms with E-state index in [-0.39, 0.29) is 12.1 Å². The van der Waals surface area contributed by atoms with Gasteiger partial charge in [-0.2, -0.15) is 0 Å². The third kappa shape index (κ3) is 4.35. The number of hydrogen-bond donors (Lipinski definition) is 0. The lowest BCUT2D eigenvalue weighted by atomic mass is 10.3. The minimum absolute atomic E-state index is 0.0862. The average Bonchev–Trinajstić information content (AvgIpc) is 2.03. The Hall–Kier alpha value is -1.25. The van der Waals surface area contributed by atoms with Crippen LogP contribution in [0.3, 0.4) is 0 Å². The minimum Gasteiger partial charge on any atom is -0.452 e. The van der Waals surface area contributed by atoms with Crippen LogP contribution in [0.1, 0.15) is 20.8 Å². The second kappa shape index (κ2) is 5.41. The van der Waals surface area contributed by atoms with E-state index >= 15 is 0 Å². The molecule has 0 heterocycles. The summed E-state index contributed by atoms with van der Waals surface area (Å²) in [4.78, 5) is 12.7. The zero-order valence-electron chi connectivity index (χ0n) is 8.70. The summed E-state index contributed by atoms with van der Waals surface area (Å²) in [6.07, 6.45) is 3.10. The van der Waals surface area contributed by atoms with Crippen LogP contribution in [0.25, 0.3) is 0 Å². The molecule has 0 aromatic rings. The predicted octanol–water partition coefficient (Wildman–Crippen LogP) is 2.55. The van der Waals surface area contributed by atoms with Crippen LogP contribution >= 0.6 is 0 Å². The smallest absolute Gasteiger partial charge is 0.413 e. The van der Waals surface area contributed by atoms with Gasteiger partial charge in [0.1, 0.15) is 0 Å². The number of rotatable bonds is 3. The first-order chi connectivity index (χ1) is 5.99. The fraction of sp³-hybridized carbons (Fsp3) is 0.500. The van der Waals surface area contributed by atoms with Crippen molar-refractivity contribution in [3.05, 3.63) is 24.4 Å². The maximum Gasteiger partial charge on any atom is 0.413 e. The van der Waals surface area contributed by atoms with E-state index in [2.05, 4.69) is 11.3 Å². The molecule has 0 aromatic heterocycles. The summed E-state index contributed by atoms with van der Waals surface area (Å²) in [7, 11) is 1.37. The molecule has 13 heavy (non-hydrogen) atoms. The summed E-state index contributed by atoms with van der Waals surface area (Å²) >= 11 is 0. The molecule has 0 saturated carbocycles. The first-order valence-electron chi connectivity index (χ1n) is 4.19. The number of hydrogen-bond acceptors (Lipinski definition) is 2. The molecule has 0 radical (unpaired) electrons. The topological polar surface area (TPSA) is 29.5 Å². The van der Waals surface area contributed by atoms with Crippen molar-refractivity contribution < 1.29 is 9.53 Å². The maximum absolute atomic E-state index is 11.2. The monoisotopic (exact) mass is 183 g/mol. The van der Waals surface area contributed by atoms with Crippen LogP contribution in [0, 0.1) is 0 Å². The van der Waals surface area contributed by atoms with Crippen LogP contribution in [0.2, 0.25) is 0 Å². The Balaban J connectivity index is 4.44. The molecule has 0 unspecified atom stereocenters. The number of carbonyl (C=O) groups excluding carboxylic acids is 1. The normalized spacial score (nSPS) is 10.5. The van der Waals surface area contributed by atoms with Gasteiger partial charge in [0.2, 0.25) is 0 Å². The number of amides is 1. The first kappa shape index (κ1) is 11.8. The lowest BCUT2D eigenvalue weighted by Gasteiger charge is -2.20. The zero-order valence-corrected chi connectivity index (χ0v) is 8.70. The Bertz CT molecular complexity index is 219. The van der Waals surface area contributed by atoms with Crippen molar-refractivity contribution in [1.29, 1.82) is 0 Å². The molecule has 0 atom stereocenters. The molecule has 0 aliphatic heterocycles. The second-order valence-corrected chi connectivity index (χ2v) is 3.13. The molecule has 0 spiro atoms. The van der Waals surface area contributed by atoms with Gasteiger partial charge in [0, 0.05) is 12.2 Å². The van der Waals surface area contributed by atoms with E-state index < -0.39 is 0 Å². The van der Waals surface area contributed by atoms with E-state index in [0.29, 0.717) is 0 Å². The van der Waals surface area contributed by atoms with Gasteiger partial charge in [0.05, 0.1) is 7.11 Å². The molecular weight excluding hydrogens is 166 g/mol. The van der Waals surface area contributed by atoms with Gasteiger partial charge < -0.3 is 4.74 Å². The maximum atomic E-state index is 11.2. The molecular formula is C10H17NO2. The highest BCUT2D eigenvalue weighted by molar-refractivity contribution is 5.69. The fourth-order valence-electron chi connectivity index (χ4n) is 0.757. The summed E-state index contributed by atoms with van der Waals surface area (Å²) in [6, 6.07) is 0.0862. The number of ether oxygens (including phenoxy) is 1. The minimum atomic E-state index is -0.354. The summed E-state index contributed by atoms with van der Waals surface area (Å²) < 4.78 is 4.61. The van der Waals surface area contributed by atoms with Gasteiger partial charge in [-0.1, -0.05) is 12.2 Å². The number of methoxy groups -OCH3 is 1. The van der Waals surface area contributed by atoms with E-state index in [1.54, 1.807) is 12.3 Å². The molecule has 0 aliphatic rings. The van der Waals surface area contributed by atoms with Crippen molar-refractivity contribution in [2.45, 2.75) is 26.8 Å². The highest BCUT2D eigenvalue weighted by Gasteiger charge is 2.13. The van der Waals surface area contributed by atoms with Crippen molar-refractivity contribution >= 4 is 6.09 Å². The van der Waals surface area contributed by atoms with Gasteiger partial charge in [-0.25, -0.2) is 4.79 Å². The third-order valence-electron chi connectivity index (χ3n) is 1.46. The molecule has 0 saturated heterocycles. The summed E-state index contributed by atoms with van der Waals surface area (Å²) in [5, 5.41) is 0. The number of carbonyl (C=O) groups is 1. The van der Waals surface area contributed by atoms with Crippen LogP contribution < -0.4 is 0 Å². The van der Waals surface area contributed by atoms with Crippen LogP contribution in [0.15, 0.2) is 24.4 Å². The largest absolute Gasteiger partial charge is 0.452 e. The Morgan fingerprint density at radius 2 is 2.08 bits per heavy atom. The van der Waals surface area contributed by atoms with E-state index in [0.717, 1.165) is 5.57 Å². The number of allylic oxidation sites excluding steroid dienone is 2. The van der Waals surface area contributed by atoms with E-state index in [9.17, 15) is 4.79 Å². The molecule has 0 bridgehead atoms. The second-order valence-electron chi connectivity index (χ2n) is 3.13. The SMILES string of the molecule is C=C(C)/C=C/N(C(=O)OC)C(C)C. The van der Waals surface area contributed by atoms with Crippen LogP contribution in [-0.2, 0) is 4.74 Å². The predicted molar refractivity (Wildman–Crippen MR) is 53.3 cm³/mol. The summed E-state index contributed by atoms with van der Waals surface area (Å²) in [5.74, 6) is 0. The molecule has 0 N–H and O–H groups in total. The molecule has 3 heteroatoms. The Morgan fingerprint density at radius 1 is 1.54 bits per heavy atom. The molecule has 0 aromatic carbocycles. The van der Waals surface area contributed by atoms with Gasteiger partial charge in [0.15, 0.2) is 0 Å². The highest BCUT2D eigenvalue weighted by Crippen LogP contribution is 2.03. The molecule has 0 aliphatic carbocycles. The van der Waals surface area contributed by atoms with E-state index in [4.69, 9.17) is 0 Å². The van der Waals surface area contributed by atoms with Gasteiger partial charge >= 0.3 is 6.09 Å². The molecule has 3 nitrogen and oxygen atoms in total. The van der Waals surface area contributed by atoms with Gasteiger partial charge in [-0.3, -0.25) is 4.90 Å². The van der Waals surface area contributed by atoms with Gasteiger partial charge in [0.25, 0.3) is 0 Å². The standard InChI is InChI=1S/C10H17NO2/c1-8(2)6-7-11(9(3)4)10(12)13-5/h6-7,9H,1H2,2-5H3/b7-6+.